The first-order valence-corrected chi connectivity index (χ1v) is 7.96. The number of hydrogen-bond acceptors (Lipinski definition) is 5. The zero-order valence-corrected chi connectivity index (χ0v) is 14.4. The molecule has 0 aromatic carbocycles. The maximum Gasteiger partial charge on any atom is 0.419 e. The van der Waals surface area contributed by atoms with Gasteiger partial charge in [0.1, 0.15) is 11.4 Å². The number of nitrogens with zero attached hydrogens (tertiary/aromatic N) is 3. The van der Waals surface area contributed by atoms with Crippen LogP contribution in [0.2, 0.25) is 0 Å². The number of carbonyl (C=O) groups excluding carboxylic acids is 1. The summed E-state index contributed by atoms with van der Waals surface area (Å²) in [7, 11) is 0. The number of aromatic nitrogens is 2. The van der Waals surface area contributed by atoms with E-state index in [2.05, 4.69) is 9.97 Å². The summed E-state index contributed by atoms with van der Waals surface area (Å²) in [5.41, 5.74) is -2.68. The van der Waals surface area contributed by atoms with Crippen LogP contribution in [0.3, 0.4) is 0 Å². The molecule has 0 unspecified atom stereocenters. The maximum absolute atomic E-state index is 12.5. The van der Waals surface area contributed by atoms with E-state index in [9.17, 15) is 23.1 Å². The van der Waals surface area contributed by atoms with Crippen molar-refractivity contribution < 1.29 is 27.8 Å². The SMILES string of the molecule is CC(C)(C)OC(=O)N1CCC(O)(Cc2ncc(C(F)(F)F)cn2)CC1. The molecule has 1 aromatic heterocycles. The molecule has 1 fully saturated rings. The number of carbonyl (C=O) groups is 1. The molecule has 140 valence electrons. The average molecular weight is 361 g/mol. The van der Waals surface area contributed by atoms with Gasteiger partial charge >= 0.3 is 12.3 Å². The van der Waals surface area contributed by atoms with Crippen molar-refractivity contribution in [3.63, 3.8) is 0 Å². The molecule has 0 radical (unpaired) electrons. The van der Waals surface area contributed by atoms with Crippen LogP contribution in [0.5, 0.6) is 0 Å². The van der Waals surface area contributed by atoms with Gasteiger partial charge in [-0.25, -0.2) is 14.8 Å². The molecule has 0 aliphatic carbocycles. The zero-order chi connectivity index (χ0) is 18.9. The first-order chi connectivity index (χ1) is 11.4. The Morgan fingerprint density at radius 3 is 2.20 bits per heavy atom. The van der Waals surface area contributed by atoms with Gasteiger partial charge in [-0.15, -0.1) is 0 Å². The van der Waals surface area contributed by atoms with E-state index in [-0.39, 0.29) is 25.1 Å². The van der Waals surface area contributed by atoms with Gasteiger partial charge in [0.25, 0.3) is 0 Å². The average Bonchev–Trinajstić information content (AvgIpc) is 2.45. The van der Waals surface area contributed by atoms with Crippen LogP contribution < -0.4 is 0 Å². The van der Waals surface area contributed by atoms with Crippen LogP contribution in [0.25, 0.3) is 0 Å². The third-order valence-electron chi connectivity index (χ3n) is 3.87. The molecule has 2 rings (SSSR count). The molecule has 9 heteroatoms. The van der Waals surface area contributed by atoms with Gasteiger partial charge in [0.15, 0.2) is 0 Å². The number of aliphatic hydroxyl groups is 1. The normalized spacial score (nSPS) is 18.1. The van der Waals surface area contributed by atoms with Crippen LogP contribution in [0.1, 0.15) is 45.0 Å². The molecule has 6 nitrogen and oxygen atoms in total. The van der Waals surface area contributed by atoms with E-state index < -0.39 is 29.0 Å². The summed E-state index contributed by atoms with van der Waals surface area (Å²) in [6.07, 6.45) is -2.93. The largest absolute Gasteiger partial charge is 0.444 e. The third-order valence-corrected chi connectivity index (χ3v) is 3.87. The lowest BCUT2D eigenvalue weighted by atomic mass is 9.88. The number of hydrogen-bond donors (Lipinski definition) is 1. The van der Waals surface area contributed by atoms with Crippen LogP contribution in [0.4, 0.5) is 18.0 Å². The first-order valence-electron chi connectivity index (χ1n) is 7.96. The minimum atomic E-state index is -4.49. The minimum absolute atomic E-state index is 0.0350. The Labute approximate surface area is 144 Å². The zero-order valence-electron chi connectivity index (χ0n) is 14.4. The fourth-order valence-electron chi connectivity index (χ4n) is 2.50. The van der Waals surface area contributed by atoms with Gasteiger partial charge < -0.3 is 14.7 Å². The van der Waals surface area contributed by atoms with Crippen molar-refractivity contribution in [2.75, 3.05) is 13.1 Å². The van der Waals surface area contributed by atoms with Crippen LogP contribution in [0, 0.1) is 0 Å². The highest BCUT2D eigenvalue weighted by Gasteiger charge is 2.37. The number of ether oxygens (including phenoxy) is 1. The Morgan fingerprint density at radius 1 is 1.24 bits per heavy atom. The van der Waals surface area contributed by atoms with E-state index >= 15 is 0 Å². The highest BCUT2D eigenvalue weighted by atomic mass is 19.4. The molecule has 1 saturated heterocycles. The van der Waals surface area contributed by atoms with Gasteiger partial charge in [-0.2, -0.15) is 13.2 Å². The molecule has 1 N–H and O–H groups in total. The third kappa shape index (κ3) is 5.55. The van der Waals surface area contributed by atoms with Crippen LogP contribution in [0.15, 0.2) is 12.4 Å². The van der Waals surface area contributed by atoms with Crippen molar-refractivity contribution in [2.24, 2.45) is 0 Å². The number of likely N-dealkylation sites (tertiary alicyclic amines) is 1. The highest BCUT2D eigenvalue weighted by Crippen LogP contribution is 2.29. The van der Waals surface area contributed by atoms with Gasteiger partial charge in [-0.1, -0.05) is 0 Å². The van der Waals surface area contributed by atoms with E-state index in [0.717, 1.165) is 0 Å². The van der Waals surface area contributed by atoms with Crippen molar-refractivity contribution in [1.29, 1.82) is 0 Å². The highest BCUT2D eigenvalue weighted by molar-refractivity contribution is 5.68. The van der Waals surface area contributed by atoms with Gasteiger partial charge in [0.2, 0.25) is 0 Å². The number of amides is 1. The lowest BCUT2D eigenvalue weighted by Crippen LogP contribution is -2.49. The van der Waals surface area contributed by atoms with Crippen molar-refractivity contribution >= 4 is 6.09 Å². The molecule has 0 spiro atoms. The second-order valence-electron chi connectivity index (χ2n) is 7.25. The molecular weight excluding hydrogens is 339 g/mol. The van der Waals surface area contributed by atoms with Crippen molar-refractivity contribution in [3.8, 4) is 0 Å². The van der Waals surface area contributed by atoms with Gasteiger partial charge in [-0.3, -0.25) is 0 Å². The van der Waals surface area contributed by atoms with Crippen molar-refractivity contribution in [2.45, 2.75) is 57.4 Å². The predicted octanol–water partition coefficient (Wildman–Crippen LogP) is 2.80. The predicted molar refractivity (Wildman–Crippen MR) is 82.7 cm³/mol. The molecule has 1 amide bonds. The second-order valence-corrected chi connectivity index (χ2v) is 7.25. The van der Waals surface area contributed by atoms with Crippen LogP contribution >= 0.6 is 0 Å². The standard InChI is InChI=1S/C16H22F3N3O3/c1-14(2,3)25-13(23)22-6-4-15(24,5-7-22)8-12-20-9-11(10-21-12)16(17,18)19/h9-10,24H,4-8H2,1-3H3. The van der Waals surface area contributed by atoms with E-state index in [0.29, 0.717) is 25.5 Å². The topological polar surface area (TPSA) is 75.5 Å². The maximum atomic E-state index is 12.5. The van der Waals surface area contributed by atoms with Gasteiger partial charge in [0, 0.05) is 31.9 Å². The summed E-state index contributed by atoms with van der Waals surface area (Å²) in [6, 6.07) is 0. The summed E-state index contributed by atoms with van der Waals surface area (Å²) in [4.78, 5) is 20.9. The number of halogens is 3. The minimum Gasteiger partial charge on any atom is -0.444 e. The summed E-state index contributed by atoms with van der Waals surface area (Å²) in [5, 5.41) is 10.6. The van der Waals surface area contributed by atoms with E-state index in [4.69, 9.17) is 4.74 Å². The molecular formula is C16H22F3N3O3. The Morgan fingerprint density at radius 2 is 1.76 bits per heavy atom. The van der Waals surface area contributed by atoms with E-state index in [1.54, 1.807) is 20.8 Å². The molecule has 0 bridgehead atoms. The number of alkyl halides is 3. The van der Waals surface area contributed by atoms with Crippen molar-refractivity contribution in [1.82, 2.24) is 14.9 Å². The lowest BCUT2D eigenvalue weighted by molar-refractivity contribution is -0.138. The smallest absolute Gasteiger partial charge is 0.419 e. The van der Waals surface area contributed by atoms with Gasteiger partial charge in [0.05, 0.1) is 11.2 Å². The summed E-state index contributed by atoms with van der Waals surface area (Å²) >= 11 is 0. The van der Waals surface area contributed by atoms with Gasteiger partial charge in [-0.05, 0) is 33.6 Å². The molecule has 0 atom stereocenters. The quantitative estimate of drug-likeness (QED) is 0.877. The Kier molecular flexibility index (Phi) is 5.27. The summed E-state index contributed by atoms with van der Waals surface area (Å²) in [6.45, 7) is 5.91. The summed E-state index contributed by atoms with van der Waals surface area (Å²) < 4.78 is 42.8. The van der Waals surface area contributed by atoms with Crippen LogP contribution in [-0.4, -0.2) is 50.4 Å². The Balaban J connectivity index is 1.93. The molecule has 25 heavy (non-hydrogen) atoms. The van der Waals surface area contributed by atoms with E-state index in [1.165, 1.54) is 4.90 Å². The fourth-order valence-corrected chi connectivity index (χ4v) is 2.50. The Bertz CT molecular complexity index is 604. The first kappa shape index (κ1) is 19.4. The molecule has 1 aromatic rings. The molecule has 1 aliphatic rings. The summed E-state index contributed by atoms with van der Waals surface area (Å²) in [5.74, 6) is 0.140. The van der Waals surface area contributed by atoms with E-state index in [1.807, 2.05) is 0 Å². The fraction of sp³-hybridized carbons (Fsp3) is 0.688. The lowest BCUT2D eigenvalue weighted by Gasteiger charge is -2.38. The second kappa shape index (κ2) is 6.78. The monoisotopic (exact) mass is 361 g/mol. The molecule has 0 saturated carbocycles. The molecule has 2 heterocycles. The van der Waals surface area contributed by atoms with Crippen molar-refractivity contribution in [3.05, 3.63) is 23.8 Å². The van der Waals surface area contributed by atoms with Crippen LogP contribution in [-0.2, 0) is 17.3 Å². The Hall–Kier alpha value is -1.90. The molecule has 1 aliphatic heterocycles. The number of piperidine rings is 1. The number of rotatable bonds is 2.